The Hall–Kier alpha value is -1.20. The highest BCUT2D eigenvalue weighted by Crippen LogP contribution is 1.99. The van der Waals surface area contributed by atoms with Crippen LogP contribution in [0, 0.1) is 6.92 Å². The second kappa shape index (κ2) is 6.51. The van der Waals surface area contributed by atoms with Crippen LogP contribution in [-0.4, -0.2) is 54.1 Å². The summed E-state index contributed by atoms with van der Waals surface area (Å²) in [5, 5.41) is 6.62. The predicted molar refractivity (Wildman–Crippen MR) is 69.2 cm³/mol. The Kier molecular flexibility index (Phi) is 4.70. The van der Waals surface area contributed by atoms with Crippen LogP contribution in [-0.2, 0) is 0 Å². The van der Waals surface area contributed by atoms with Crippen LogP contribution >= 0.6 is 0 Å². The van der Waals surface area contributed by atoms with Crippen LogP contribution in [0.2, 0.25) is 0 Å². The van der Waals surface area contributed by atoms with Gasteiger partial charge < -0.3 is 15.5 Å². The molecular formula is C12H21N5. The first-order valence-corrected chi connectivity index (χ1v) is 6.31. The maximum atomic E-state index is 4.31. The van der Waals surface area contributed by atoms with Gasteiger partial charge in [0.05, 0.1) is 0 Å². The second-order valence-electron chi connectivity index (χ2n) is 4.39. The van der Waals surface area contributed by atoms with Gasteiger partial charge in [-0.15, -0.1) is 0 Å². The van der Waals surface area contributed by atoms with Crippen LogP contribution < -0.4 is 10.6 Å². The summed E-state index contributed by atoms with van der Waals surface area (Å²) in [6.07, 6.45) is 2.93. The molecule has 0 amide bonds. The molecule has 5 heteroatoms. The third kappa shape index (κ3) is 4.28. The van der Waals surface area contributed by atoms with E-state index in [0.717, 1.165) is 44.2 Å². The number of nitrogens with zero attached hydrogens (tertiary/aromatic N) is 3. The summed E-state index contributed by atoms with van der Waals surface area (Å²) in [4.78, 5) is 11.0. The summed E-state index contributed by atoms with van der Waals surface area (Å²) >= 11 is 0. The Balaban J connectivity index is 1.62. The molecule has 0 radical (unpaired) electrons. The minimum absolute atomic E-state index is 0.741. The zero-order valence-electron chi connectivity index (χ0n) is 10.4. The molecule has 2 heterocycles. The molecule has 94 valence electrons. The minimum atomic E-state index is 0.741. The fourth-order valence-corrected chi connectivity index (χ4v) is 1.97. The van der Waals surface area contributed by atoms with Gasteiger partial charge in [0.2, 0.25) is 5.95 Å². The van der Waals surface area contributed by atoms with E-state index in [1.54, 1.807) is 6.20 Å². The summed E-state index contributed by atoms with van der Waals surface area (Å²) in [7, 11) is 0. The topological polar surface area (TPSA) is 53.1 Å². The Bertz CT molecular complexity index is 335. The summed E-state index contributed by atoms with van der Waals surface area (Å²) in [6, 6.07) is 1.91. The molecule has 17 heavy (non-hydrogen) atoms. The van der Waals surface area contributed by atoms with Gasteiger partial charge in [-0.05, 0) is 26.0 Å². The van der Waals surface area contributed by atoms with E-state index in [4.69, 9.17) is 0 Å². The van der Waals surface area contributed by atoms with Crippen LogP contribution in [0.1, 0.15) is 12.1 Å². The van der Waals surface area contributed by atoms with Gasteiger partial charge in [0, 0.05) is 44.6 Å². The molecule has 0 aliphatic carbocycles. The highest BCUT2D eigenvalue weighted by molar-refractivity contribution is 5.24. The van der Waals surface area contributed by atoms with Gasteiger partial charge in [-0.3, -0.25) is 0 Å². The lowest BCUT2D eigenvalue weighted by Gasteiger charge is -2.27. The van der Waals surface area contributed by atoms with Crippen LogP contribution in [0.4, 0.5) is 5.95 Å². The maximum Gasteiger partial charge on any atom is 0.222 e. The molecule has 1 saturated heterocycles. The van der Waals surface area contributed by atoms with E-state index >= 15 is 0 Å². The molecule has 1 aliphatic heterocycles. The van der Waals surface area contributed by atoms with E-state index < -0.39 is 0 Å². The summed E-state index contributed by atoms with van der Waals surface area (Å²) in [5.74, 6) is 0.741. The largest absolute Gasteiger partial charge is 0.354 e. The molecule has 1 aromatic rings. The minimum Gasteiger partial charge on any atom is -0.354 e. The SMILES string of the molecule is Cc1ccnc(NCCCN2CCNCC2)n1. The second-order valence-corrected chi connectivity index (χ2v) is 4.39. The van der Waals surface area contributed by atoms with E-state index in [1.165, 1.54) is 13.1 Å². The third-order valence-electron chi connectivity index (χ3n) is 2.94. The zero-order valence-corrected chi connectivity index (χ0v) is 10.4. The van der Waals surface area contributed by atoms with E-state index in [0.29, 0.717) is 0 Å². The Morgan fingerprint density at radius 1 is 1.41 bits per heavy atom. The van der Waals surface area contributed by atoms with Gasteiger partial charge in [0.15, 0.2) is 0 Å². The highest BCUT2D eigenvalue weighted by atomic mass is 15.2. The Labute approximate surface area is 103 Å². The van der Waals surface area contributed by atoms with E-state index in [9.17, 15) is 0 Å². The number of aromatic nitrogens is 2. The van der Waals surface area contributed by atoms with Crippen molar-refractivity contribution in [1.82, 2.24) is 20.2 Å². The van der Waals surface area contributed by atoms with Crippen molar-refractivity contribution in [1.29, 1.82) is 0 Å². The lowest BCUT2D eigenvalue weighted by Crippen LogP contribution is -2.44. The standard InChI is InChI=1S/C12H21N5/c1-11-3-5-15-12(16-11)14-4-2-8-17-9-6-13-7-10-17/h3,5,13H,2,4,6-10H2,1H3,(H,14,15,16). The molecule has 0 atom stereocenters. The van der Waals surface area contributed by atoms with E-state index in [2.05, 4.69) is 25.5 Å². The van der Waals surface area contributed by atoms with Gasteiger partial charge in [0.1, 0.15) is 0 Å². The molecule has 0 bridgehead atoms. The number of anilines is 1. The van der Waals surface area contributed by atoms with Crippen LogP contribution in [0.3, 0.4) is 0 Å². The molecular weight excluding hydrogens is 214 g/mol. The lowest BCUT2D eigenvalue weighted by atomic mass is 10.3. The average Bonchev–Trinajstić information content (AvgIpc) is 2.36. The molecule has 1 fully saturated rings. The maximum absolute atomic E-state index is 4.31. The van der Waals surface area contributed by atoms with Crippen molar-refractivity contribution in [2.24, 2.45) is 0 Å². The first-order valence-electron chi connectivity index (χ1n) is 6.31. The monoisotopic (exact) mass is 235 g/mol. The molecule has 0 spiro atoms. The third-order valence-corrected chi connectivity index (χ3v) is 2.94. The van der Waals surface area contributed by atoms with Crippen molar-refractivity contribution in [2.75, 3.05) is 44.6 Å². The van der Waals surface area contributed by atoms with Crippen molar-refractivity contribution < 1.29 is 0 Å². The molecule has 2 N–H and O–H groups in total. The quantitative estimate of drug-likeness (QED) is 0.728. The van der Waals surface area contributed by atoms with Gasteiger partial charge >= 0.3 is 0 Å². The normalized spacial score (nSPS) is 17.0. The number of piperazine rings is 1. The van der Waals surface area contributed by atoms with Gasteiger partial charge in [0.25, 0.3) is 0 Å². The average molecular weight is 235 g/mol. The van der Waals surface area contributed by atoms with Crippen LogP contribution in [0.15, 0.2) is 12.3 Å². The van der Waals surface area contributed by atoms with Gasteiger partial charge in [-0.1, -0.05) is 0 Å². The van der Waals surface area contributed by atoms with Crippen LogP contribution in [0.5, 0.6) is 0 Å². The summed E-state index contributed by atoms with van der Waals surface area (Å²) < 4.78 is 0. The van der Waals surface area contributed by atoms with E-state index in [-0.39, 0.29) is 0 Å². The van der Waals surface area contributed by atoms with Crippen LogP contribution in [0.25, 0.3) is 0 Å². The number of aryl methyl sites for hydroxylation is 1. The fourth-order valence-electron chi connectivity index (χ4n) is 1.97. The summed E-state index contributed by atoms with van der Waals surface area (Å²) in [5.41, 5.74) is 1.00. The van der Waals surface area contributed by atoms with Gasteiger partial charge in [-0.25, -0.2) is 9.97 Å². The number of rotatable bonds is 5. The number of hydrogen-bond donors (Lipinski definition) is 2. The number of hydrogen-bond acceptors (Lipinski definition) is 5. The summed E-state index contributed by atoms with van der Waals surface area (Å²) in [6.45, 7) is 8.65. The Morgan fingerprint density at radius 2 is 2.24 bits per heavy atom. The van der Waals surface area contributed by atoms with Crippen molar-refractivity contribution in [2.45, 2.75) is 13.3 Å². The molecule has 0 saturated carbocycles. The van der Waals surface area contributed by atoms with E-state index in [1.807, 2.05) is 13.0 Å². The molecule has 1 aliphatic rings. The van der Waals surface area contributed by atoms with Crippen molar-refractivity contribution >= 4 is 5.95 Å². The first-order chi connectivity index (χ1) is 8.34. The van der Waals surface area contributed by atoms with Gasteiger partial charge in [-0.2, -0.15) is 0 Å². The smallest absolute Gasteiger partial charge is 0.222 e. The molecule has 5 nitrogen and oxygen atoms in total. The fraction of sp³-hybridized carbons (Fsp3) is 0.667. The highest BCUT2D eigenvalue weighted by Gasteiger charge is 2.08. The van der Waals surface area contributed by atoms with Crippen molar-refractivity contribution in [3.8, 4) is 0 Å². The molecule has 2 rings (SSSR count). The lowest BCUT2D eigenvalue weighted by molar-refractivity contribution is 0.240. The number of nitrogens with one attached hydrogen (secondary N) is 2. The first kappa shape index (κ1) is 12.3. The Morgan fingerprint density at radius 3 is 3.00 bits per heavy atom. The molecule has 0 aromatic carbocycles. The zero-order chi connectivity index (χ0) is 11.9. The molecule has 1 aromatic heterocycles. The van der Waals surface area contributed by atoms with Crippen molar-refractivity contribution in [3.05, 3.63) is 18.0 Å². The predicted octanol–water partition coefficient (Wildman–Crippen LogP) is 0.492. The molecule has 0 unspecified atom stereocenters. The van der Waals surface area contributed by atoms with Crippen molar-refractivity contribution in [3.63, 3.8) is 0 Å².